The van der Waals surface area contributed by atoms with Gasteiger partial charge in [-0.25, -0.2) is 0 Å². The number of rotatable bonds is 3. The molecule has 10 heteroatoms. The normalized spacial score (nSPS) is 16.5. The average Bonchev–Trinajstić information content (AvgIpc) is 3.25. The molecule has 2 aromatic rings. The molecule has 3 heterocycles. The number of hydrogen-bond acceptors (Lipinski definition) is 7. The predicted molar refractivity (Wildman–Crippen MR) is 93.3 cm³/mol. The summed E-state index contributed by atoms with van der Waals surface area (Å²) >= 11 is 0. The van der Waals surface area contributed by atoms with Gasteiger partial charge in [0.05, 0.1) is 11.1 Å². The zero-order chi connectivity index (χ0) is 19.8. The van der Waals surface area contributed by atoms with Crippen LogP contribution in [-0.4, -0.2) is 81.2 Å². The Bertz CT molecular complexity index is 941. The predicted octanol–water partition coefficient (Wildman–Crippen LogP) is -0.0414. The Hall–Kier alpha value is -3.56. The van der Waals surface area contributed by atoms with Crippen LogP contribution in [0.5, 0.6) is 0 Å². The second-order valence-electron chi connectivity index (χ2n) is 6.54. The Kier molecular flexibility index (Phi) is 4.38. The van der Waals surface area contributed by atoms with Crippen molar-refractivity contribution >= 4 is 23.6 Å². The summed E-state index contributed by atoms with van der Waals surface area (Å²) in [6.45, 7) is 2.47. The van der Waals surface area contributed by atoms with E-state index >= 15 is 0 Å². The molecule has 0 atom stereocenters. The molecule has 1 saturated heterocycles. The first-order valence-electron chi connectivity index (χ1n) is 8.78. The molecule has 0 aliphatic carbocycles. The molecule has 0 spiro atoms. The molecule has 1 aromatic carbocycles. The van der Waals surface area contributed by atoms with Crippen LogP contribution in [0.3, 0.4) is 0 Å². The summed E-state index contributed by atoms with van der Waals surface area (Å²) in [4.78, 5) is 53.7. The minimum absolute atomic E-state index is 0.0803. The zero-order valence-electron chi connectivity index (χ0n) is 15.1. The third kappa shape index (κ3) is 3.02. The second kappa shape index (κ2) is 6.87. The van der Waals surface area contributed by atoms with Gasteiger partial charge in [-0.2, -0.15) is 0 Å². The molecule has 0 radical (unpaired) electrons. The highest BCUT2D eigenvalue weighted by atomic mass is 16.4. The minimum Gasteiger partial charge on any atom is -0.417 e. The van der Waals surface area contributed by atoms with Gasteiger partial charge in [0.25, 0.3) is 11.8 Å². The summed E-state index contributed by atoms with van der Waals surface area (Å²) < 4.78 is 5.14. The molecule has 1 aromatic heterocycles. The van der Waals surface area contributed by atoms with Gasteiger partial charge in [-0.1, -0.05) is 12.1 Å². The number of fused-ring (bicyclic) bond motifs is 1. The Morgan fingerprint density at radius 3 is 2.07 bits per heavy atom. The summed E-state index contributed by atoms with van der Waals surface area (Å²) in [6, 6.07) is 6.50. The number of benzene rings is 1. The summed E-state index contributed by atoms with van der Waals surface area (Å²) in [5, 5.41) is 7.35. The molecule has 2 aliphatic heterocycles. The number of aryl methyl sites for hydroxylation is 1. The Balaban J connectivity index is 1.35. The van der Waals surface area contributed by atoms with Gasteiger partial charge >= 0.3 is 11.8 Å². The van der Waals surface area contributed by atoms with Gasteiger partial charge in [0.1, 0.15) is 6.54 Å². The summed E-state index contributed by atoms with van der Waals surface area (Å²) in [6.07, 6.45) is 0. The summed E-state index contributed by atoms with van der Waals surface area (Å²) in [5.74, 6) is -1.42. The molecule has 0 saturated carbocycles. The number of carbonyl (C=O) groups excluding carboxylic acids is 4. The van der Waals surface area contributed by atoms with Gasteiger partial charge in [-0.05, 0) is 12.1 Å². The third-order valence-electron chi connectivity index (χ3n) is 4.80. The smallest absolute Gasteiger partial charge is 0.311 e. The van der Waals surface area contributed by atoms with Crippen molar-refractivity contribution in [1.82, 2.24) is 24.9 Å². The first kappa shape index (κ1) is 17.8. The molecule has 10 nitrogen and oxygen atoms in total. The number of carbonyl (C=O) groups is 4. The molecular formula is C18H17N5O5. The van der Waals surface area contributed by atoms with E-state index in [2.05, 4.69) is 10.2 Å². The van der Waals surface area contributed by atoms with E-state index in [1.165, 1.54) is 9.80 Å². The Morgan fingerprint density at radius 2 is 1.54 bits per heavy atom. The second-order valence-corrected chi connectivity index (χ2v) is 6.54. The van der Waals surface area contributed by atoms with Crippen LogP contribution in [0.25, 0.3) is 0 Å². The highest BCUT2D eigenvalue weighted by Crippen LogP contribution is 2.22. The molecule has 0 N–H and O–H groups in total. The van der Waals surface area contributed by atoms with E-state index < -0.39 is 11.8 Å². The number of aromatic nitrogens is 2. The maximum atomic E-state index is 12.6. The monoisotopic (exact) mass is 383 g/mol. The molecule has 4 amide bonds. The maximum Gasteiger partial charge on any atom is 0.311 e. The standard InChI is InChI=1S/C18H17N5O5/c1-11-19-20-15(28-11)18(27)22-8-6-21(7-9-22)14(24)10-23-16(25)12-4-2-3-5-13(12)17(23)26/h2-5H,6-10H2,1H3. The van der Waals surface area contributed by atoms with Gasteiger partial charge in [0.2, 0.25) is 11.8 Å². The number of hydrogen-bond donors (Lipinski definition) is 0. The van der Waals surface area contributed by atoms with Crippen LogP contribution in [-0.2, 0) is 4.79 Å². The quantitative estimate of drug-likeness (QED) is 0.683. The molecular weight excluding hydrogens is 366 g/mol. The fourth-order valence-corrected chi connectivity index (χ4v) is 3.30. The Morgan fingerprint density at radius 1 is 0.964 bits per heavy atom. The lowest BCUT2D eigenvalue weighted by Crippen LogP contribution is -2.53. The summed E-state index contributed by atoms with van der Waals surface area (Å²) in [5.41, 5.74) is 0.621. The lowest BCUT2D eigenvalue weighted by atomic mass is 10.1. The lowest BCUT2D eigenvalue weighted by Gasteiger charge is -2.34. The van der Waals surface area contributed by atoms with Crippen LogP contribution in [0.2, 0.25) is 0 Å². The van der Waals surface area contributed by atoms with E-state index in [1.807, 2.05) is 0 Å². The van der Waals surface area contributed by atoms with Crippen LogP contribution in [0, 0.1) is 6.92 Å². The van der Waals surface area contributed by atoms with Crippen molar-refractivity contribution in [1.29, 1.82) is 0 Å². The molecule has 2 aliphatic rings. The van der Waals surface area contributed by atoms with Crippen LogP contribution in [0.1, 0.15) is 37.3 Å². The summed E-state index contributed by atoms with van der Waals surface area (Å²) in [7, 11) is 0. The van der Waals surface area contributed by atoms with E-state index in [9.17, 15) is 19.2 Å². The van der Waals surface area contributed by atoms with E-state index in [4.69, 9.17) is 4.42 Å². The van der Waals surface area contributed by atoms with Crippen molar-refractivity contribution in [3.63, 3.8) is 0 Å². The van der Waals surface area contributed by atoms with Crippen molar-refractivity contribution in [2.75, 3.05) is 32.7 Å². The van der Waals surface area contributed by atoms with Crippen LogP contribution in [0.4, 0.5) is 0 Å². The van der Waals surface area contributed by atoms with E-state index in [1.54, 1.807) is 31.2 Å². The molecule has 0 unspecified atom stereocenters. The van der Waals surface area contributed by atoms with Crippen molar-refractivity contribution in [2.24, 2.45) is 0 Å². The molecule has 1 fully saturated rings. The van der Waals surface area contributed by atoms with Crippen molar-refractivity contribution in [3.05, 3.63) is 47.2 Å². The molecule has 4 rings (SSSR count). The fourth-order valence-electron chi connectivity index (χ4n) is 3.30. The van der Waals surface area contributed by atoms with E-state index in [-0.39, 0.29) is 24.2 Å². The molecule has 0 bridgehead atoms. The van der Waals surface area contributed by atoms with Gasteiger partial charge in [0.15, 0.2) is 0 Å². The SMILES string of the molecule is Cc1nnc(C(=O)N2CCN(C(=O)CN3C(=O)c4ccccc4C3=O)CC2)o1. The minimum atomic E-state index is -0.463. The highest BCUT2D eigenvalue weighted by molar-refractivity contribution is 6.22. The van der Waals surface area contributed by atoms with Crippen LogP contribution < -0.4 is 0 Å². The zero-order valence-corrected chi connectivity index (χ0v) is 15.1. The van der Waals surface area contributed by atoms with Crippen molar-refractivity contribution in [2.45, 2.75) is 6.92 Å². The van der Waals surface area contributed by atoms with Crippen molar-refractivity contribution in [3.8, 4) is 0 Å². The first-order valence-corrected chi connectivity index (χ1v) is 8.78. The number of piperazine rings is 1. The number of imide groups is 1. The largest absolute Gasteiger partial charge is 0.417 e. The molecule has 144 valence electrons. The van der Waals surface area contributed by atoms with Crippen LogP contribution in [0.15, 0.2) is 28.7 Å². The van der Waals surface area contributed by atoms with Crippen LogP contribution >= 0.6 is 0 Å². The van der Waals surface area contributed by atoms with Gasteiger partial charge in [0, 0.05) is 33.1 Å². The fraction of sp³-hybridized carbons (Fsp3) is 0.333. The van der Waals surface area contributed by atoms with Gasteiger partial charge in [-0.3, -0.25) is 24.1 Å². The van der Waals surface area contributed by atoms with E-state index in [0.29, 0.717) is 43.2 Å². The lowest BCUT2D eigenvalue weighted by molar-refractivity contribution is -0.132. The number of amides is 4. The average molecular weight is 383 g/mol. The number of nitrogens with zero attached hydrogens (tertiary/aromatic N) is 5. The first-order chi connectivity index (χ1) is 13.5. The van der Waals surface area contributed by atoms with Crippen molar-refractivity contribution < 1.29 is 23.6 Å². The van der Waals surface area contributed by atoms with Gasteiger partial charge < -0.3 is 14.2 Å². The van der Waals surface area contributed by atoms with E-state index in [0.717, 1.165) is 4.90 Å². The maximum absolute atomic E-state index is 12.6. The highest BCUT2D eigenvalue weighted by Gasteiger charge is 2.37. The topological polar surface area (TPSA) is 117 Å². The third-order valence-corrected chi connectivity index (χ3v) is 4.80. The van der Waals surface area contributed by atoms with Gasteiger partial charge in [-0.15, -0.1) is 10.2 Å². The molecule has 28 heavy (non-hydrogen) atoms. The Labute approximate surface area is 159 Å².